The lowest BCUT2D eigenvalue weighted by atomic mass is 10.0. The molecule has 0 fully saturated rings. The molecule has 3 N–H and O–H groups in total. The van der Waals surface area contributed by atoms with Crippen molar-refractivity contribution in [1.82, 2.24) is 0 Å². The van der Waals surface area contributed by atoms with Crippen molar-refractivity contribution < 1.29 is 19.0 Å². The van der Waals surface area contributed by atoms with Gasteiger partial charge < -0.3 is 15.6 Å². The molecule has 0 amide bonds. The first kappa shape index (κ1) is 12.4. The van der Waals surface area contributed by atoms with E-state index >= 15 is 0 Å². The third kappa shape index (κ3) is 2.30. The van der Waals surface area contributed by atoms with Crippen LogP contribution in [0.5, 0.6) is 5.75 Å². The summed E-state index contributed by atoms with van der Waals surface area (Å²) < 4.78 is 18.3. The van der Waals surface area contributed by atoms with Gasteiger partial charge in [0.05, 0.1) is 7.11 Å². The van der Waals surface area contributed by atoms with E-state index in [0.29, 0.717) is 5.56 Å². The molecule has 0 spiro atoms. The van der Waals surface area contributed by atoms with Crippen LogP contribution >= 0.6 is 0 Å². The second-order valence-corrected chi connectivity index (χ2v) is 3.40. The van der Waals surface area contributed by atoms with E-state index in [0.717, 1.165) is 0 Å². The third-order valence-corrected chi connectivity index (χ3v) is 2.31. The highest BCUT2D eigenvalue weighted by Gasteiger charge is 2.22. The van der Waals surface area contributed by atoms with Crippen molar-refractivity contribution >= 4 is 5.97 Å². The normalized spacial score (nSPS) is 14.2. The summed E-state index contributed by atoms with van der Waals surface area (Å²) >= 11 is 0. The Morgan fingerprint density at radius 2 is 2.06 bits per heavy atom. The van der Waals surface area contributed by atoms with Crippen LogP contribution in [0.4, 0.5) is 4.39 Å². The molecule has 0 heterocycles. The lowest BCUT2D eigenvalue weighted by Gasteiger charge is -2.16. The van der Waals surface area contributed by atoms with E-state index in [-0.39, 0.29) is 11.3 Å². The number of methoxy groups -OCH3 is 1. The maximum atomic E-state index is 13.3. The summed E-state index contributed by atoms with van der Waals surface area (Å²) in [5.74, 6) is -0.977. The molecule has 0 saturated heterocycles. The highest BCUT2D eigenvalue weighted by molar-refractivity contribution is 5.76. The lowest BCUT2D eigenvalue weighted by Crippen LogP contribution is -2.21. The minimum atomic E-state index is -1.24. The van der Waals surface area contributed by atoms with Crippen molar-refractivity contribution in [2.45, 2.75) is 19.1 Å². The minimum Gasteiger partial charge on any atom is -0.496 e. The van der Waals surface area contributed by atoms with Crippen LogP contribution in [0.25, 0.3) is 0 Å². The predicted octanol–water partition coefficient (Wildman–Crippen LogP) is 1.81. The number of carboxylic acids is 1. The summed E-state index contributed by atoms with van der Waals surface area (Å²) in [6.45, 7) is 1.36. The van der Waals surface area contributed by atoms with E-state index in [9.17, 15) is 9.18 Å². The van der Waals surface area contributed by atoms with Gasteiger partial charge >= 0.3 is 5.97 Å². The van der Waals surface area contributed by atoms with Crippen LogP contribution < -0.4 is 10.5 Å². The van der Waals surface area contributed by atoms with E-state index in [1.807, 2.05) is 0 Å². The molecule has 0 saturated carbocycles. The highest BCUT2D eigenvalue weighted by atomic mass is 19.1. The molecule has 4 nitrogen and oxygen atoms in total. The van der Waals surface area contributed by atoms with Gasteiger partial charge in [0.15, 0.2) is 0 Å². The Kier molecular flexibility index (Phi) is 3.84. The number of carbonyl (C=O) groups is 1. The van der Waals surface area contributed by atoms with Crippen LogP contribution in [0.1, 0.15) is 30.3 Å². The molecule has 5 heteroatoms. The molecular formula is C11H14FNO3. The van der Waals surface area contributed by atoms with E-state index < -0.39 is 18.2 Å². The zero-order valence-corrected chi connectivity index (χ0v) is 9.11. The van der Waals surface area contributed by atoms with Crippen LogP contribution in [0.15, 0.2) is 18.2 Å². The average molecular weight is 227 g/mol. The first-order valence-corrected chi connectivity index (χ1v) is 4.78. The van der Waals surface area contributed by atoms with Crippen molar-refractivity contribution in [3.05, 3.63) is 29.3 Å². The zero-order chi connectivity index (χ0) is 12.3. The average Bonchev–Trinajstić information content (AvgIpc) is 2.26. The summed E-state index contributed by atoms with van der Waals surface area (Å²) in [5, 5.41) is 8.81. The number of rotatable bonds is 4. The third-order valence-electron chi connectivity index (χ3n) is 2.31. The molecule has 2 unspecified atom stereocenters. The number of hydrogen-bond donors (Lipinski definition) is 2. The number of benzene rings is 1. The molecule has 2 atom stereocenters. The fraction of sp³-hybridized carbons (Fsp3) is 0.364. The lowest BCUT2D eigenvalue weighted by molar-refractivity contribution is -0.138. The van der Waals surface area contributed by atoms with Crippen LogP contribution in [-0.2, 0) is 4.79 Å². The van der Waals surface area contributed by atoms with Gasteiger partial charge in [0.25, 0.3) is 0 Å². The molecule has 0 aliphatic carbocycles. The molecule has 16 heavy (non-hydrogen) atoms. The number of para-hydroxylation sites is 1. The van der Waals surface area contributed by atoms with Gasteiger partial charge in [0.2, 0.25) is 0 Å². The van der Waals surface area contributed by atoms with Crippen LogP contribution in [0.3, 0.4) is 0 Å². The number of alkyl halides is 1. The smallest absolute Gasteiger partial charge is 0.325 e. The monoisotopic (exact) mass is 227 g/mol. The molecular weight excluding hydrogens is 213 g/mol. The number of halogens is 1. The van der Waals surface area contributed by atoms with E-state index in [1.54, 1.807) is 12.1 Å². The summed E-state index contributed by atoms with van der Waals surface area (Å²) in [6, 6.07) is 3.41. The standard InChI is InChI=1S/C11H14FNO3/c1-6(12)7-4-3-5-8(10(7)16-2)9(13)11(14)15/h3-6,9H,13H2,1-2H3,(H,14,15). The van der Waals surface area contributed by atoms with Gasteiger partial charge in [-0.25, -0.2) is 4.39 Å². The minimum absolute atomic E-state index is 0.201. The molecule has 88 valence electrons. The van der Waals surface area contributed by atoms with Crippen LogP contribution in [0.2, 0.25) is 0 Å². The largest absolute Gasteiger partial charge is 0.496 e. The van der Waals surface area contributed by atoms with Crippen molar-refractivity contribution in [2.24, 2.45) is 5.73 Å². The Balaban J connectivity index is 3.29. The quantitative estimate of drug-likeness (QED) is 0.822. The number of hydrogen-bond acceptors (Lipinski definition) is 3. The molecule has 0 aliphatic heterocycles. The Morgan fingerprint density at radius 3 is 2.50 bits per heavy atom. The Morgan fingerprint density at radius 1 is 1.50 bits per heavy atom. The number of ether oxygens (including phenoxy) is 1. The van der Waals surface area contributed by atoms with Crippen molar-refractivity contribution in [3.63, 3.8) is 0 Å². The summed E-state index contributed by atoms with van der Waals surface area (Å²) in [4.78, 5) is 10.8. The van der Waals surface area contributed by atoms with Crippen molar-refractivity contribution in [2.75, 3.05) is 7.11 Å². The SMILES string of the molecule is COc1c(C(C)F)cccc1C(N)C(=O)O. The maximum absolute atomic E-state index is 13.3. The molecule has 1 aromatic carbocycles. The van der Waals surface area contributed by atoms with Crippen molar-refractivity contribution in [1.29, 1.82) is 0 Å². The van der Waals surface area contributed by atoms with Crippen molar-refractivity contribution in [3.8, 4) is 5.75 Å². The van der Waals surface area contributed by atoms with E-state index in [4.69, 9.17) is 15.6 Å². The number of aliphatic carboxylic acids is 1. The first-order valence-electron chi connectivity index (χ1n) is 4.78. The topological polar surface area (TPSA) is 72.5 Å². The molecule has 1 aromatic rings. The van der Waals surface area contributed by atoms with Gasteiger partial charge in [0, 0.05) is 11.1 Å². The summed E-state index contributed by atoms with van der Waals surface area (Å²) in [7, 11) is 1.36. The molecule has 0 aromatic heterocycles. The first-order chi connectivity index (χ1) is 7.49. The van der Waals surface area contributed by atoms with Gasteiger partial charge in [-0.15, -0.1) is 0 Å². The van der Waals surface area contributed by atoms with E-state index in [2.05, 4.69) is 0 Å². The maximum Gasteiger partial charge on any atom is 0.325 e. The van der Waals surface area contributed by atoms with Gasteiger partial charge in [0.1, 0.15) is 18.0 Å². The molecule has 0 bridgehead atoms. The summed E-state index contributed by atoms with van der Waals surface area (Å²) in [5.41, 5.74) is 6.06. The molecule has 0 radical (unpaired) electrons. The van der Waals surface area contributed by atoms with Gasteiger partial charge in [-0.05, 0) is 6.92 Å². The second-order valence-electron chi connectivity index (χ2n) is 3.40. The van der Waals surface area contributed by atoms with Gasteiger partial charge in [-0.1, -0.05) is 18.2 Å². The highest BCUT2D eigenvalue weighted by Crippen LogP contribution is 2.33. The Hall–Kier alpha value is -1.62. The Bertz CT molecular complexity index is 393. The molecule has 1 rings (SSSR count). The second kappa shape index (κ2) is 4.94. The number of nitrogens with two attached hydrogens (primary N) is 1. The van der Waals surface area contributed by atoms with Gasteiger partial charge in [-0.3, -0.25) is 4.79 Å². The fourth-order valence-corrected chi connectivity index (χ4v) is 1.50. The zero-order valence-electron chi connectivity index (χ0n) is 9.11. The molecule has 0 aliphatic rings. The van der Waals surface area contributed by atoms with E-state index in [1.165, 1.54) is 20.1 Å². The van der Waals surface area contributed by atoms with Crippen LogP contribution in [-0.4, -0.2) is 18.2 Å². The summed E-state index contributed by atoms with van der Waals surface area (Å²) in [6.07, 6.45) is -1.24. The number of carboxylic acid groups (broad SMARTS) is 1. The van der Waals surface area contributed by atoms with Crippen LogP contribution in [0, 0.1) is 0 Å². The Labute approximate surface area is 92.8 Å². The predicted molar refractivity (Wildman–Crippen MR) is 57.1 cm³/mol. The van der Waals surface area contributed by atoms with Gasteiger partial charge in [-0.2, -0.15) is 0 Å². The fourth-order valence-electron chi connectivity index (χ4n) is 1.50.